The molecule has 6 heteroatoms. The Morgan fingerprint density at radius 3 is 2.28 bits per heavy atom. The van der Waals surface area contributed by atoms with Crippen molar-refractivity contribution in [2.45, 2.75) is 71.8 Å². The van der Waals surface area contributed by atoms with Gasteiger partial charge in [-0.25, -0.2) is 15.0 Å². The molecule has 1 N–H and O–H groups in total. The topological polar surface area (TPSA) is 70.5 Å². The molecule has 1 aliphatic heterocycles. The van der Waals surface area contributed by atoms with E-state index in [2.05, 4.69) is 33.9 Å². The number of amides is 1. The summed E-state index contributed by atoms with van der Waals surface area (Å²) in [6, 6.07) is 0. The van der Waals surface area contributed by atoms with Crippen molar-refractivity contribution in [1.82, 2.24) is 20.2 Å². The average molecular weight is 396 g/mol. The van der Waals surface area contributed by atoms with Crippen LogP contribution in [0.25, 0.3) is 0 Å². The van der Waals surface area contributed by atoms with E-state index in [0.717, 1.165) is 59.6 Å². The molecule has 0 spiro atoms. The molecule has 1 amide bonds. The maximum atomic E-state index is 13.4. The summed E-state index contributed by atoms with van der Waals surface area (Å²) in [5, 5.41) is 3.47. The zero-order valence-corrected chi connectivity index (χ0v) is 18.4. The van der Waals surface area contributed by atoms with E-state index in [1.807, 2.05) is 45.0 Å². The molecule has 0 radical (unpaired) electrons. The van der Waals surface area contributed by atoms with Crippen LogP contribution < -0.4 is 5.32 Å². The fourth-order valence-corrected chi connectivity index (χ4v) is 3.83. The molecule has 0 unspecified atom stereocenters. The fourth-order valence-electron chi connectivity index (χ4n) is 3.83. The van der Waals surface area contributed by atoms with Crippen LogP contribution in [-0.4, -0.2) is 46.1 Å². The van der Waals surface area contributed by atoms with Crippen LogP contribution in [0.4, 0.5) is 0 Å². The summed E-state index contributed by atoms with van der Waals surface area (Å²) in [6.45, 7) is 15.3. The van der Waals surface area contributed by atoms with Gasteiger partial charge in [-0.05, 0) is 72.6 Å². The normalized spacial score (nSPS) is 19.3. The molecule has 3 rings (SSSR count). The second-order valence-corrected chi connectivity index (χ2v) is 8.88. The smallest absolute Gasteiger partial charge is 0.254 e. The van der Waals surface area contributed by atoms with Gasteiger partial charge in [-0.2, -0.15) is 0 Å². The molecule has 0 bridgehead atoms. The van der Waals surface area contributed by atoms with Crippen LogP contribution in [0.5, 0.6) is 0 Å². The Morgan fingerprint density at radius 2 is 1.79 bits per heavy atom. The molecular formula is C23H33N5O. The number of carbonyl (C=O) groups excluding carboxylic acids is 1. The van der Waals surface area contributed by atoms with E-state index in [1.54, 1.807) is 0 Å². The quantitative estimate of drug-likeness (QED) is 0.450. The maximum Gasteiger partial charge on any atom is 0.254 e. The van der Waals surface area contributed by atoms with Gasteiger partial charge in [0, 0.05) is 48.1 Å². The van der Waals surface area contributed by atoms with E-state index in [9.17, 15) is 4.79 Å². The molecule has 1 aromatic rings. The SMILES string of the molecule is C=N/C(NC1(C)CC1)=C(\C)C(C(=O)N1CCC(c2ncc(C)cn2)CC1)=C(C)C. The first-order chi connectivity index (χ1) is 13.7. The minimum atomic E-state index is 0.0784. The van der Waals surface area contributed by atoms with Crippen LogP contribution in [0, 0.1) is 6.92 Å². The Kier molecular flexibility index (Phi) is 6.20. The molecule has 2 heterocycles. The second kappa shape index (κ2) is 8.47. The summed E-state index contributed by atoms with van der Waals surface area (Å²) in [7, 11) is 0. The van der Waals surface area contributed by atoms with Crippen molar-refractivity contribution in [3.63, 3.8) is 0 Å². The summed E-state index contributed by atoms with van der Waals surface area (Å²) in [5.41, 5.74) is 3.77. The van der Waals surface area contributed by atoms with Gasteiger partial charge >= 0.3 is 0 Å². The maximum absolute atomic E-state index is 13.4. The molecule has 2 aliphatic rings. The molecule has 29 heavy (non-hydrogen) atoms. The monoisotopic (exact) mass is 395 g/mol. The predicted molar refractivity (Wildman–Crippen MR) is 117 cm³/mol. The molecule has 2 fully saturated rings. The first-order valence-corrected chi connectivity index (χ1v) is 10.5. The molecule has 0 atom stereocenters. The molecule has 1 aliphatic carbocycles. The van der Waals surface area contributed by atoms with Crippen molar-refractivity contribution in [2.24, 2.45) is 4.99 Å². The number of aromatic nitrogens is 2. The van der Waals surface area contributed by atoms with Crippen LogP contribution in [0.3, 0.4) is 0 Å². The Labute approximate surface area is 174 Å². The predicted octanol–water partition coefficient (Wildman–Crippen LogP) is 3.90. The minimum Gasteiger partial charge on any atom is -0.365 e. The van der Waals surface area contributed by atoms with E-state index in [4.69, 9.17) is 0 Å². The van der Waals surface area contributed by atoms with E-state index in [1.165, 1.54) is 0 Å². The summed E-state index contributed by atoms with van der Waals surface area (Å²) >= 11 is 0. The lowest BCUT2D eigenvalue weighted by Crippen LogP contribution is -2.40. The van der Waals surface area contributed by atoms with Crippen molar-refractivity contribution in [1.29, 1.82) is 0 Å². The lowest BCUT2D eigenvalue weighted by atomic mass is 9.94. The number of piperidine rings is 1. The summed E-state index contributed by atoms with van der Waals surface area (Å²) in [6.07, 6.45) is 7.74. The number of nitrogens with one attached hydrogen (secondary N) is 1. The molecule has 156 valence electrons. The van der Waals surface area contributed by atoms with Crippen LogP contribution in [0.1, 0.15) is 70.7 Å². The van der Waals surface area contributed by atoms with Crippen LogP contribution in [0.15, 0.2) is 39.9 Å². The first-order valence-electron chi connectivity index (χ1n) is 10.5. The van der Waals surface area contributed by atoms with Crippen molar-refractivity contribution in [3.05, 3.63) is 46.3 Å². The number of rotatable bonds is 6. The van der Waals surface area contributed by atoms with Gasteiger partial charge in [0.1, 0.15) is 11.6 Å². The summed E-state index contributed by atoms with van der Waals surface area (Å²) < 4.78 is 0. The lowest BCUT2D eigenvalue weighted by molar-refractivity contribution is -0.128. The number of hydrogen-bond donors (Lipinski definition) is 1. The van der Waals surface area contributed by atoms with Crippen molar-refractivity contribution in [2.75, 3.05) is 13.1 Å². The Hall–Kier alpha value is -2.50. The fraction of sp³-hybridized carbons (Fsp3) is 0.565. The lowest BCUT2D eigenvalue weighted by Gasteiger charge is -2.32. The van der Waals surface area contributed by atoms with Crippen LogP contribution in [0.2, 0.25) is 0 Å². The third-order valence-electron chi connectivity index (χ3n) is 5.97. The molecule has 1 saturated carbocycles. The Balaban J connectivity index is 1.73. The van der Waals surface area contributed by atoms with Crippen molar-refractivity contribution < 1.29 is 4.79 Å². The summed E-state index contributed by atoms with van der Waals surface area (Å²) in [4.78, 5) is 28.5. The minimum absolute atomic E-state index is 0.0784. The average Bonchev–Trinajstić information content (AvgIpc) is 3.43. The molecule has 1 aromatic heterocycles. The number of aryl methyl sites for hydroxylation is 1. The van der Waals surface area contributed by atoms with E-state index < -0.39 is 0 Å². The number of hydrogen-bond acceptors (Lipinski definition) is 5. The zero-order valence-electron chi connectivity index (χ0n) is 18.4. The van der Waals surface area contributed by atoms with E-state index in [-0.39, 0.29) is 11.4 Å². The highest BCUT2D eigenvalue weighted by molar-refractivity contribution is 5.98. The van der Waals surface area contributed by atoms with E-state index >= 15 is 0 Å². The zero-order chi connectivity index (χ0) is 21.2. The third-order valence-corrected chi connectivity index (χ3v) is 5.97. The van der Waals surface area contributed by atoms with Gasteiger partial charge in [-0.1, -0.05) is 5.57 Å². The van der Waals surface area contributed by atoms with Gasteiger partial charge in [-0.15, -0.1) is 0 Å². The number of likely N-dealkylation sites (tertiary alicyclic amines) is 1. The van der Waals surface area contributed by atoms with Crippen molar-refractivity contribution >= 4 is 12.6 Å². The van der Waals surface area contributed by atoms with Gasteiger partial charge in [0.15, 0.2) is 0 Å². The first kappa shape index (κ1) is 21.2. The van der Waals surface area contributed by atoms with E-state index in [0.29, 0.717) is 19.0 Å². The number of aliphatic imine (C=N–C) groups is 1. The highest BCUT2D eigenvalue weighted by Gasteiger charge is 2.38. The van der Waals surface area contributed by atoms with Gasteiger partial charge in [0.2, 0.25) is 0 Å². The van der Waals surface area contributed by atoms with Gasteiger partial charge in [0.05, 0.1) is 0 Å². The van der Waals surface area contributed by atoms with Gasteiger partial charge in [0.25, 0.3) is 5.91 Å². The second-order valence-electron chi connectivity index (χ2n) is 8.88. The Bertz CT molecular complexity index is 837. The number of nitrogens with zero attached hydrogens (tertiary/aromatic N) is 4. The van der Waals surface area contributed by atoms with Crippen molar-refractivity contribution in [3.8, 4) is 0 Å². The van der Waals surface area contributed by atoms with Crippen LogP contribution in [-0.2, 0) is 4.79 Å². The summed E-state index contributed by atoms with van der Waals surface area (Å²) in [5.74, 6) is 2.00. The Morgan fingerprint density at radius 1 is 1.21 bits per heavy atom. The number of allylic oxidation sites excluding steroid dienone is 1. The largest absolute Gasteiger partial charge is 0.365 e. The highest BCUT2D eigenvalue weighted by atomic mass is 16.2. The highest BCUT2D eigenvalue weighted by Crippen LogP contribution is 2.36. The number of carbonyl (C=O) groups is 1. The van der Waals surface area contributed by atoms with Crippen LogP contribution >= 0.6 is 0 Å². The molecule has 0 aromatic carbocycles. The van der Waals surface area contributed by atoms with Gasteiger partial charge in [-0.3, -0.25) is 4.79 Å². The third kappa shape index (κ3) is 4.92. The standard InChI is InChI=1S/C23H33N5O/c1-15(2)19(17(4)20(24-6)27-23(5)9-10-23)22(29)28-11-7-18(8-12-28)21-25-13-16(3)14-26-21/h13-14,18,27H,6-12H2,1-5H3/b20-17-. The van der Waals surface area contributed by atoms with Gasteiger partial charge < -0.3 is 10.2 Å². The molecule has 6 nitrogen and oxygen atoms in total. The molecular weight excluding hydrogens is 362 g/mol. The molecule has 1 saturated heterocycles.